The third-order valence-electron chi connectivity index (χ3n) is 7.87. The molecule has 8 heteroatoms. The number of nitrogens with zero attached hydrogens (tertiary/aromatic N) is 1. The lowest BCUT2D eigenvalue weighted by Crippen LogP contribution is -2.61. The summed E-state index contributed by atoms with van der Waals surface area (Å²) in [5.41, 5.74) is -2.41. The highest BCUT2D eigenvalue weighted by atomic mass is 16.5. The van der Waals surface area contributed by atoms with E-state index < -0.39 is 40.7 Å². The van der Waals surface area contributed by atoms with Gasteiger partial charge in [-0.3, -0.25) is 14.4 Å². The average molecular weight is 438 g/mol. The van der Waals surface area contributed by atoms with Crippen LogP contribution in [0.2, 0.25) is 0 Å². The molecular weight excluding hydrogens is 398 g/mol. The van der Waals surface area contributed by atoms with E-state index >= 15 is 0 Å². The molecular formula is C23H39N3O5. The minimum absolute atomic E-state index is 0.0000816. The molecule has 176 valence electrons. The fraction of sp³-hybridized carbons (Fsp3) is 0.870. The van der Waals surface area contributed by atoms with Crippen molar-refractivity contribution in [3.05, 3.63) is 0 Å². The molecule has 3 saturated heterocycles. The lowest BCUT2D eigenvalue weighted by Gasteiger charge is -2.40. The quantitative estimate of drug-likeness (QED) is 0.576. The molecule has 3 aliphatic rings. The van der Waals surface area contributed by atoms with Gasteiger partial charge in [0.05, 0.1) is 30.1 Å². The maximum atomic E-state index is 13.9. The van der Waals surface area contributed by atoms with Crippen molar-refractivity contribution in [2.24, 2.45) is 23.7 Å². The lowest BCUT2D eigenvalue weighted by molar-refractivity contribution is -0.152. The number of aliphatic hydroxyl groups is 1. The summed E-state index contributed by atoms with van der Waals surface area (Å²) in [6, 6.07) is -1.42. The van der Waals surface area contributed by atoms with Gasteiger partial charge in [-0.25, -0.2) is 0 Å². The van der Waals surface area contributed by atoms with Crippen LogP contribution in [0.4, 0.5) is 0 Å². The number of carbonyl (C=O) groups is 3. The van der Waals surface area contributed by atoms with E-state index in [4.69, 9.17) is 4.74 Å². The van der Waals surface area contributed by atoms with E-state index in [0.29, 0.717) is 6.42 Å². The third kappa shape index (κ3) is 3.37. The van der Waals surface area contributed by atoms with Crippen LogP contribution in [0.25, 0.3) is 0 Å². The number of ether oxygens (including phenoxy) is 1. The van der Waals surface area contributed by atoms with Crippen LogP contribution in [0.1, 0.15) is 61.3 Å². The molecule has 0 aromatic carbocycles. The van der Waals surface area contributed by atoms with Crippen molar-refractivity contribution in [2.75, 3.05) is 13.7 Å². The summed E-state index contributed by atoms with van der Waals surface area (Å²) in [4.78, 5) is 42.1. The molecule has 0 aromatic heterocycles. The van der Waals surface area contributed by atoms with Crippen molar-refractivity contribution in [3.8, 4) is 0 Å². The molecule has 0 radical (unpaired) electrons. The van der Waals surface area contributed by atoms with Crippen molar-refractivity contribution >= 4 is 17.7 Å². The SMILES string of the molecule is CC[C@H](C)[C@H](CO)N1C(=O)[C@@H]2[C@@H](C(=O)NC)[C@]3(C)OC2(CC3C)C1C(=O)NC(C)(C)C. The predicted octanol–water partition coefficient (Wildman–Crippen LogP) is 1.06. The molecule has 8 nitrogen and oxygen atoms in total. The molecule has 2 bridgehead atoms. The summed E-state index contributed by atoms with van der Waals surface area (Å²) in [6.45, 7) is 13.3. The van der Waals surface area contributed by atoms with Gasteiger partial charge in [0.2, 0.25) is 17.7 Å². The second-order valence-electron chi connectivity index (χ2n) is 10.9. The summed E-state index contributed by atoms with van der Waals surface area (Å²) in [6.07, 6.45) is 1.26. The Labute approximate surface area is 185 Å². The number of rotatable bonds is 6. The normalized spacial score (nSPS) is 38.7. The van der Waals surface area contributed by atoms with Crippen LogP contribution >= 0.6 is 0 Å². The number of fused-ring (bicyclic) bond motifs is 1. The highest BCUT2D eigenvalue weighted by Gasteiger charge is 2.80. The predicted molar refractivity (Wildman–Crippen MR) is 116 cm³/mol. The molecule has 0 aromatic rings. The van der Waals surface area contributed by atoms with Crippen LogP contribution in [-0.2, 0) is 19.1 Å². The molecule has 3 fully saturated rings. The van der Waals surface area contributed by atoms with E-state index in [1.807, 2.05) is 48.5 Å². The molecule has 1 spiro atoms. The number of hydrogen-bond donors (Lipinski definition) is 3. The molecule has 3 unspecified atom stereocenters. The summed E-state index contributed by atoms with van der Waals surface area (Å²) in [7, 11) is 1.56. The van der Waals surface area contributed by atoms with Crippen LogP contribution in [0.3, 0.4) is 0 Å². The van der Waals surface area contributed by atoms with Crippen LogP contribution in [0.15, 0.2) is 0 Å². The first-order valence-electron chi connectivity index (χ1n) is 11.5. The fourth-order valence-electron chi connectivity index (χ4n) is 6.14. The average Bonchev–Trinajstić information content (AvgIpc) is 3.18. The minimum Gasteiger partial charge on any atom is -0.394 e. The van der Waals surface area contributed by atoms with Crippen molar-refractivity contribution in [3.63, 3.8) is 0 Å². The first kappa shape index (κ1) is 24.0. The standard InChI is InChI=1S/C23H39N3O5/c1-9-12(2)14(11-27)26-17(19(29)25-21(4,5)6)23-10-13(3)22(7,31-23)15(18(28)24-8)16(23)20(26)30/h12-17,27H,9-11H2,1-8H3,(H,24,28)(H,25,29)/t12-,13?,14-,15-,16-,17?,22+,23?/m0/s1. The van der Waals surface area contributed by atoms with Gasteiger partial charge in [0.15, 0.2) is 0 Å². The maximum Gasteiger partial charge on any atom is 0.246 e. The van der Waals surface area contributed by atoms with Crippen molar-refractivity contribution in [2.45, 2.75) is 90.1 Å². The van der Waals surface area contributed by atoms with Gasteiger partial charge in [-0.05, 0) is 46.0 Å². The molecule has 8 atom stereocenters. The smallest absolute Gasteiger partial charge is 0.246 e. The molecule has 3 N–H and O–H groups in total. The third-order valence-corrected chi connectivity index (χ3v) is 7.87. The van der Waals surface area contributed by atoms with Crippen molar-refractivity contribution in [1.82, 2.24) is 15.5 Å². The zero-order valence-electron chi connectivity index (χ0n) is 20.1. The fourth-order valence-corrected chi connectivity index (χ4v) is 6.14. The Morgan fingerprint density at radius 2 is 1.94 bits per heavy atom. The number of aliphatic hydroxyl groups excluding tert-OH is 1. The first-order valence-corrected chi connectivity index (χ1v) is 11.5. The van der Waals surface area contributed by atoms with Gasteiger partial charge < -0.3 is 25.4 Å². The number of nitrogens with one attached hydrogen (secondary N) is 2. The van der Waals surface area contributed by atoms with Crippen molar-refractivity contribution < 1.29 is 24.2 Å². The summed E-state index contributed by atoms with van der Waals surface area (Å²) < 4.78 is 6.61. The van der Waals surface area contributed by atoms with Gasteiger partial charge in [-0.15, -0.1) is 0 Å². The molecule has 3 aliphatic heterocycles. The Bertz CT molecular complexity index is 765. The van der Waals surface area contributed by atoms with Gasteiger partial charge in [-0.2, -0.15) is 0 Å². The second-order valence-corrected chi connectivity index (χ2v) is 10.9. The first-order chi connectivity index (χ1) is 14.3. The number of hydrogen-bond acceptors (Lipinski definition) is 5. The Hall–Kier alpha value is -1.67. The van der Waals surface area contributed by atoms with E-state index in [9.17, 15) is 19.5 Å². The zero-order chi connectivity index (χ0) is 23.5. The molecule has 0 saturated carbocycles. The number of amides is 3. The molecule has 31 heavy (non-hydrogen) atoms. The second kappa shape index (κ2) is 7.73. The van der Waals surface area contributed by atoms with Gasteiger partial charge >= 0.3 is 0 Å². The Kier molecular flexibility index (Phi) is 5.98. The van der Waals surface area contributed by atoms with E-state index in [1.54, 1.807) is 11.9 Å². The van der Waals surface area contributed by atoms with Crippen LogP contribution in [-0.4, -0.2) is 70.2 Å². The zero-order valence-corrected chi connectivity index (χ0v) is 20.1. The topological polar surface area (TPSA) is 108 Å². The van der Waals surface area contributed by atoms with Gasteiger partial charge in [0.1, 0.15) is 11.6 Å². The molecule has 3 amide bonds. The summed E-state index contributed by atoms with van der Waals surface area (Å²) in [5.74, 6) is -2.24. The Balaban J connectivity index is 2.17. The van der Waals surface area contributed by atoms with Crippen LogP contribution in [0.5, 0.6) is 0 Å². The van der Waals surface area contributed by atoms with E-state index in [2.05, 4.69) is 10.6 Å². The summed E-state index contributed by atoms with van der Waals surface area (Å²) in [5, 5.41) is 16.0. The highest BCUT2D eigenvalue weighted by molar-refractivity contribution is 5.99. The van der Waals surface area contributed by atoms with Crippen molar-refractivity contribution in [1.29, 1.82) is 0 Å². The van der Waals surface area contributed by atoms with Gasteiger partial charge in [-0.1, -0.05) is 27.2 Å². The summed E-state index contributed by atoms with van der Waals surface area (Å²) >= 11 is 0. The number of carbonyl (C=O) groups excluding carboxylic acids is 3. The maximum absolute atomic E-state index is 13.9. The van der Waals surface area contributed by atoms with E-state index in [-0.39, 0.29) is 36.2 Å². The van der Waals surface area contributed by atoms with Gasteiger partial charge in [0, 0.05) is 12.6 Å². The largest absolute Gasteiger partial charge is 0.394 e. The highest BCUT2D eigenvalue weighted by Crippen LogP contribution is 2.65. The lowest BCUT2D eigenvalue weighted by atomic mass is 9.62. The van der Waals surface area contributed by atoms with Crippen LogP contribution in [0, 0.1) is 23.7 Å². The molecule has 3 rings (SSSR count). The minimum atomic E-state index is -1.08. The van der Waals surface area contributed by atoms with Gasteiger partial charge in [0.25, 0.3) is 0 Å². The van der Waals surface area contributed by atoms with Crippen LogP contribution < -0.4 is 10.6 Å². The Morgan fingerprint density at radius 3 is 2.42 bits per heavy atom. The number of likely N-dealkylation sites (tertiary alicyclic amines) is 1. The van der Waals surface area contributed by atoms with E-state index in [1.165, 1.54) is 0 Å². The van der Waals surface area contributed by atoms with E-state index in [0.717, 1.165) is 6.42 Å². The Morgan fingerprint density at radius 1 is 1.32 bits per heavy atom. The molecule has 0 aliphatic carbocycles. The molecule has 3 heterocycles. The monoisotopic (exact) mass is 437 g/mol.